The molecule has 4 nitrogen and oxygen atoms in total. The molecule has 1 aromatic carbocycles. The molecule has 1 aromatic heterocycles. The molecule has 2 aromatic rings. The number of carbonyl (C=O) groups excluding carboxylic acids is 1. The van der Waals surface area contributed by atoms with Crippen molar-refractivity contribution in [3.63, 3.8) is 0 Å². The third-order valence-electron chi connectivity index (χ3n) is 7.57. The molecule has 0 amide bonds. The summed E-state index contributed by atoms with van der Waals surface area (Å²) in [6, 6.07) is 14.8. The number of allylic oxidation sites excluding steroid dienone is 1. The smallest absolute Gasteiger partial charge is 0.309 e. The van der Waals surface area contributed by atoms with Gasteiger partial charge in [0.15, 0.2) is 0 Å². The van der Waals surface area contributed by atoms with E-state index in [2.05, 4.69) is 48.3 Å². The number of pyridine rings is 1. The first-order valence-electron chi connectivity index (χ1n) is 11.3. The lowest BCUT2D eigenvalue weighted by atomic mass is 9.57. The number of hydrogen-bond acceptors (Lipinski definition) is 4. The summed E-state index contributed by atoms with van der Waals surface area (Å²) in [5, 5.41) is 0. The van der Waals surface area contributed by atoms with Crippen molar-refractivity contribution in [3.8, 4) is 11.1 Å². The van der Waals surface area contributed by atoms with E-state index in [0.29, 0.717) is 17.8 Å². The molecule has 5 rings (SSSR count). The molecule has 30 heavy (non-hydrogen) atoms. The monoisotopic (exact) mass is 402 g/mol. The van der Waals surface area contributed by atoms with Crippen LogP contribution < -0.4 is 5.73 Å². The summed E-state index contributed by atoms with van der Waals surface area (Å²) in [7, 11) is 0. The molecule has 3 aliphatic rings. The van der Waals surface area contributed by atoms with Crippen LogP contribution in [-0.4, -0.2) is 23.1 Å². The van der Waals surface area contributed by atoms with Crippen molar-refractivity contribution < 1.29 is 9.53 Å². The van der Waals surface area contributed by atoms with E-state index in [0.717, 1.165) is 36.9 Å². The van der Waals surface area contributed by atoms with Crippen molar-refractivity contribution in [2.75, 3.05) is 0 Å². The largest absolute Gasteiger partial charge is 0.462 e. The van der Waals surface area contributed by atoms with Crippen molar-refractivity contribution in [1.82, 2.24) is 4.98 Å². The highest BCUT2D eigenvalue weighted by molar-refractivity contribution is 5.75. The zero-order valence-corrected chi connectivity index (χ0v) is 17.5. The molecule has 3 fully saturated rings. The van der Waals surface area contributed by atoms with Gasteiger partial charge in [-0.05, 0) is 68.1 Å². The van der Waals surface area contributed by atoms with Crippen molar-refractivity contribution in [2.24, 2.45) is 35.3 Å². The Labute approximate surface area is 178 Å². The first kappa shape index (κ1) is 19.5. The summed E-state index contributed by atoms with van der Waals surface area (Å²) in [6.45, 7) is 2.06. The fourth-order valence-electron chi connectivity index (χ4n) is 6.17. The van der Waals surface area contributed by atoms with E-state index in [4.69, 9.17) is 10.5 Å². The lowest BCUT2D eigenvalue weighted by Crippen LogP contribution is -2.46. The van der Waals surface area contributed by atoms with Gasteiger partial charge in [-0.3, -0.25) is 9.78 Å². The lowest BCUT2D eigenvalue weighted by molar-refractivity contribution is -0.144. The van der Waals surface area contributed by atoms with E-state index in [9.17, 15) is 4.79 Å². The standard InChI is InChI=1S/C26H30N2O2/c1-16-25-23(22-11-8-20(27)13-19(22)14-24(25)26(29)30-16)12-10-21-9-7-18(15-28-21)17-5-3-2-4-6-17/h2-7,9-10,12,15-16,19-20,22-25H,8,11,13-14,27H2,1H3/b12-10+/t16-,19+,20-,22?,23+,24-,25+/m1/s1. The molecular formula is C26H30N2O2. The predicted octanol–water partition coefficient (Wildman–Crippen LogP) is 4.70. The number of hydrogen-bond donors (Lipinski definition) is 1. The molecule has 0 spiro atoms. The quantitative estimate of drug-likeness (QED) is 0.756. The van der Waals surface area contributed by atoms with Gasteiger partial charge in [0.25, 0.3) is 0 Å². The number of nitrogens with zero attached hydrogens (tertiary/aromatic N) is 1. The van der Waals surface area contributed by atoms with Gasteiger partial charge in [0, 0.05) is 23.7 Å². The topological polar surface area (TPSA) is 65.2 Å². The highest BCUT2D eigenvalue weighted by Gasteiger charge is 2.54. The van der Waals surface area contributed by atoms with Crippen LogP contribution in [-0.2, 0) is 9.53 Å². The maximum atomic E-state index is 12.5. The molecule has 7 atom stereocenters. The Balaban J connectivity index is 1.39. The second-order valence-electron chi connectivity index (χ2n) is 9.33. The zero-order valence-electron chi connectivity index (χ0n) is 17.5. The summed E-state index contributed by atoms with van der Waals surface area (Å²) in [5.74, 6) is 1.74. The van der Waals surface area contributed by atoms with Gasteiger partial charge in [0.05, 0.1) is 11.6 Å². The Hall–Kier alpha value is -2.46. The molecule has 2 N–H and O–H groups in total. The van der Waals surface area contributed by atoms with Crippen LogP contribution in [0.5, 0.6) is 0 Å². The lowest BCUT2D eigenvalue weighted by Gasteiger charge is -2.47. The van der Waals surface area contributed by atoms with Crippen LogP contribution in [0.15, 0.2) is 54.7 Å². The SMILES string of the molecule is C[C@H]1OC(=O)[C@@H]2C[C@@H]3C[C@H](N)CCC3[C@H](/C=C/c3ccc(-c4ccccc4)cn3)[C@H]12. The van der Waals surface area contributed by atoms with Gasteiger partial charge in [0.1, 0.15) is 6.10 Å². The molecule has 2 saturated carbocycles. The first-order chi connectivity index (χ1) is 14.6. The molecule has 2 heterocycles. The van der Waals surface area contributed by atoms with Crippen molar-refractivity contribution >= 4 is 12.0 Å². The highest BCUT2D eigenvalue weighted by atomic mass is 16.6. The van der Waals surface area contributed by atoms with Crippen LogP contribution in [0.2, 0.25) is 0 Å². The van der Waals surface area contributed by atoms with E-state index >= 15 is 0 Å². The summed E-state index contributed by atoms with van der Waals surface area (Å²) in [6.07, 6.45) is 10.6. The van der Waals surface area contributed by atoms with Gasteiger partial charge in [0.2, 0.25) is 0 Å². The zero-order chi connectivity index (χ0) is 20.7. The number of benzene rings is 1. The Bertz CT molecular complexity index is 924. The third kappa shape index (κ3) is 3.58. The van der Waals surface area contributed by atoms with Gasteiger partial charge in [-0.25, -0.2) is 0 Å². The van der Waals surface area contributed by atoms with Crippen LogP contribution in [0.4, 0.5) is 0 Å². The van der Waals surface area contributed by atoms with Gasteiger partial charge in [-0.1, -0.05) is 42.5 Å². The minimum absolute atomic E-state index is 0.00571. The average molecular weight is 403 g/mol. The Morgan fingerprint density at radius 1 is 1.07 bits per heavy atom. The molecule has 0 radical (unpaired) electrons. The number of rotatable bonds is 3. The minimum Gasteiger partial charge on any atom is -0.462 e. The highest BCUT2D eigenvalue weighted by Crippen LogP contribution is 2.53. The number of aromatic nitrogens is 1. The van der Waals surface area contributed by atoms with Crippen LogP contribution in [0.25, 0.3) is 17.2 Å². The van der Waals surface area contributed by atoms with Crippen LogP contribution in [0, 0.1) is 29.6 Å². The van der Waals surface area contributed by atoms with Crippen LogP contribution >= 0.6 is 0 Å². The number of esters is 1. The fourth-order valence-corrected chi connectivity index (χ4v) is 6.17. The van der Waals surface area contributed by atoms with Gasteiger partial charge in [-0.2, -0.15) is 0 Å². The normalized spacial score (nSPS) is 35.7. The summed E-state index contributed by atoms with van der Waals surface area (Å²) >= 11 is 0. The van der Waals surface area contributed by atoms with E-state index in [-0.39, 0.29) is 30.0 Å². The van der Waals surface area contributed by atoms with Crippen molar-refractivity contribution in [3.05, 3.63) is 60.4 Å². The Kier molecular flexibility index (Phi) is 5.20. The van der Waals surface area contributed by atoms with E-state index in [1.807, 2.05) is 24.4 Å². The second-order valence-corrected chi connectivity index (χ2v) is 9.33. The van der Waals surface area contributed by atoms with E-state index in [1.165, 1.54) is 5.56 Å². The Morgan fingerprint density at radius 2 is 1.90 bits per heavy atom. The fraction of sp³-hybridized carbons (Fsp3) is 0.462. The minimum atomic E-state index is -0.0119. The number of carbonyl (C=O) groups is 1. The molecule has 4 heteroatoms. The second kappa shape index (κ2) is 7.99. The molecule has 0 bridgehead atoms. The average Bonchev–Trinajstić information content (AvgIpc) is 3.05. The predicted molar refractivity (Wildman–Crippen MR) is 118 cm³/mol. The molecule has 156 valence electrons. The molecule has 2 aliphatic carbocycles. The summed E-state index contributed by atoms with van der Waals surface area (Å²) in [4.78, 5) is 17.1. The van der Waals surface area contributed by atoms with Gasteiger partial charge < -0.3 is 10.5 Å². The summed E-state index contributed by atoms with van der Waals surface area (Å²) in [5.41, 5.74) is 9.52. The molecule has 1 aliphatic heterocycles. The maximum Gasteiger partial charge on any atom is 0.309 e. The first-order valence-corrected chi connectivity index (χ1v) is 11.3. The molecular weight excluding hydrogens is 372 g/mol. The van der Waals surface area contributed by atoms with Crippen molar-refractivity contribution in [2.45, 2.75) is 44.8 Å². The number of ether oxygens (including phenoxy) is 1. The third-order valence-corrected chi connectivity index (χ3v) is 7.57. The maximum absolute atomic E-state index is 12.5. The van der Waals surface area contributed by atoms with Crippen LogP contribution in [0.1, 0.15) is 38.3 Å². The van der Waals surface area contributed by atoms with Crippen molar-refractivity contribution in [1.29, 1.82) is 0 Å². The number of nitrogens with two attached hydrogens (primary N) is 1. The van der Waals surface area contributed by atoms with Gasteiger partial charge in [-0.15, -0.1) is 0 Å². The van der Waals surface area contributed by atoms with Gasteiger partial charge >= 0.3 is 5.97 Å². The van der Waals surface area contributed by atoms with Crippen LogP contribution in [0.3, 0.4) is 0 Å². The van der Waals surface area contributed by atoms with E-state index < -0.39 is 0 Å². The molecule has 1 saturated heterocycles. The van der Waals surface area contributed by atoms with E-state index in [1.54, 1.807) is 0 Å². The summed E-state index contributed by atoms with van der Waals surface area (Å²) < 4.78 is 5.67. The number of cyclic esters (lactones) is 1. The molecule has 1 unspecified atom stereocenters. The Morgan fingerprint density at radius 3 is 2.67 bits per heavy atom. The number of fused-ring (bicyclic) bond motifs is 2.